The number of amides is 4. The molecule has 27 heteroatoms. The number of hydrogen-bond acceptors (Lipinski definition) is 21. The Bertz CT molecular complexity index is 1860. The van der Waals surface area contributed by atoms with Crippen LogP contribution in [-0.2, 0) is 61.5 Å². The number of rotatable bonds is 32. The first-order valence-corrected chi connectivity index (χ1v) is 26.9. The van der Waals surface area contributed by atoms with Crippen LogP contribution in [0.25, 0.3) is 0 Å². The average Bonchev–Trinajstić information content (AvgIpc) is 3.32. The molecular formula is C52H103N13O12SY-2. The minimum atomic E-state index is -1.15. The molecule has 0 aromatic carbocycles. The van der Waals surface area contributed by atoms with E-state index in [2.05, 4.69) is 83.9 Å². The molecule has 0 aliphatic carbocycles. The zero-order valence-electron chi connectivity index (χ0n) is 51.2. The molecule has 0 heterocycles. The van der Waals surface area contributed by atoms with Gasteiger partial charge in [0, 0.05) is 76.7 Å². The second-order valence-corrected chi connectivity index (χ2v) is 23.5. The summed E-state index contributed by atoms with van der Waals surface area (Å²) in [5.74, 6) is -1.44. The number of thioether (sulfide) groups is 1. The van der Waals surface area contributed by atoms with Gasteiger partial charge in [-0.2, -0.15) is 5.92 Å². The molecule has 14 N–H and O–H groups in total. The molecule has 0 aliphatic rings. The molecular weight excluding hydrogens is 1120 g/mol. The van der Waals surface area contributed by atoms with E-state index in [1.54, 1.807) is 67.5 Å². The second kappa shape index (κ2) is 42.9. The smallest absolute Gasteiger partial charge is 0.303 e. The summed E-state index contributed by atoms with van der Waals surface area (Å²) < 4.78 is 0. The average molecular weight is 1220 g/mol. The van der Waals surface area contributed by atoms with Crippen LogP contribution in [0.3, 0.4) is 0 Å². The second-order valence-electron chi connectivity index (χ2n) is 22.4. The van der Waals surface area contributed by atoms with Crippen LogP contribution >= 0.6 is 11.8 Å². The van der Waals surface area contributed by atoms with Gasteiger partial charge in [-0.25, -0.2) is 0 Å². The number of carboxylic acid groups (broad SMARTS) is 1. The van der Waals surface area contributed by atoms with Crippen molar-refractivity contribution < 1.29 is 92.5 Å². The first kappa shape index (κ1) is 83.9. The summed E-state index contributed by atoms with van der Waals surface area (Å²) in [5.41, 5.74) is -0.277. The van der Waals surface area contributed by atoms with Gasteiger partial charge in [-0.05, 0) is 104 Å². The number of nitrogens with one attached hydrogen (secondary N) is 8. The Balaban J connectivity index is -0.000000338. The number of likely N-dealkylation sites (N-methyl/N-ethyl adjacent to an activating group) is 1. The summed E-state index contributed by atoms with van der Waals surface area (Å²) in [6.07, 6.45) is 2.36. The van der Waals surface area contributed by atoms with E-state index in [4.69, 9.17) is 25.9 Å². The van der Waals surface area contributed by atoms with Crippen LogP contribution in [0.2, 0.25) is 0 Å². The fourth-order valence-corrected chi connectivity index (χ4v) is 6.29. The van der Waals surface area contributed by atoms with Crippen LogP contribution in [0.4, 0.5) is 0 Å². The summed E-state index contributed by atoms with van der Waals surface area (Å²) in [6, 6.07) is -2.28. The molecule has 0 bridgehead atoms. The summed E-state index contributed by atoms with van der Waals surface area (Å²) in [7, 11) is 3.41. The van der Waals surface area contributed by atoms with Crippen LogP contribution < -0.4 is 42.5 Å². The van der Waals surface area contributed by atoms with Gasteiger partial charge in [-0.15, -0.1) is 24.9 Å². The van der Waals surface area contributed by atoms with Crippen molar-refractivity contribution in [3.8, 4) is 0 Å². The number of hydrogen-bond donors (Lipinski definition) is 14. The number of carboxylic acids is 1. The number of nitrogens with zero attached hydrogens (tertiary/aromatic N) is 5. The number of aliphatic hydroxyl groups is 1. The Kier molecular flexibility index (Phi) is 45.6. The van der Waals surface area contributed by atoms with E-state index < -0.39 is 53.0 Å². The fraction of sp³-hybridized carbons (Fsp3) is 0.769. The van der Waals surface area contributed by atoms with Crippen molar-refractivity contribution in [2.24, 2.45) is 32.0 Å². The van der Waals surface area contributed by atoms with Crippen molar-refractivity contribution in [3.63, 3.8) is 0 Å². The van der Waals surface area contributed by atoms with E-state index in [9.17, 15) is 33.9 Å². The molecule has 0 aliphatic heterocycles. The van der Waals surface area contributed by atoms with E-state index in [0.717, 1.165) is 0 Å². The molecule has 1 radical (unpaired) electrons. The number of aliphatic hydroxyl groups excluding tert-OH is 1. The van der Waals surface area contributed by atoms with E-state index in [0.29, 0.717) is 60.8 Å². The van der Waals surface area contributed by atoms with Gasteiger partial charge in [0.05, 0.1) is 76.1 Å². The molecule has 0 saturated carbocycles. The minimum absolute atomic E-state index is 0. The van der Waals surface area contributed by atoms with Crippen LogP contribution in [0, 0.1) is 24.7 Å². The summed E-state index contributed by atoms with van der Waals surface area (Å²) in [5, 5.41) is 90.1. The zero-order chi connectivity index (χ0) is 61.8. The monoisotopic (exact) mass is 1220 g/mol. The van der Waals surface area contributed by atoms with Gasteiger partial charge in [0.1, 0.15) is 6.04 Å². The van der Waals surface area contributed by atoms with Crippen molar-refractivity contribution in [1.82, 2.24) is 47.4 Å². The van der Waals surface area contributed by atoms with Crippen molar-refractivity contribution >= 4 is 70.0 Å². The van der Waals surface area contributed by atoms with Crippen LogP contribution in [0.1, 0.15) is 144 Å². The van der Waals surface area contributed by atoms with Gasteiger partial charge in [-0.1, -0.05) is 55.2 Å². The molecule has 0 unspecified atom stereocenters. The van der Waals surface area contributed by atoms with Gasteiger partial charge in [-0.3, -0.25) is 28.8 Å². The number of ketones is 1. The Morgan fingerprint density at radius 3 is 1.34 bits per heavy atom. The molecule has 0 aromatic rings. The van der Waals surface area contributed by atoms with E-state index in [1.807, 2.05) is 61.8 Å². The number of aliphatic carboxylic acids is 1. The number of Topliss-reactive ketones (excluding diaryl/α,β-unsaturated/α-hetero) is 1. The molecule has 2 atom stereocenters. The molecule has 0 spiro atoms. The quantitative estimate of drug-likeness (QED) is 0.0115. The Hall–Kier alpha value is -3.89. The summed E-state index contributed by atoms with van der Waals surface area (Å²) in [4.78, 5) is 72.2. The van der Waals surface area contributed by atoms with Crippen LogP contribution in [0.5, 0.6) is 0 Å². The van der Waals surface area contributed by atoms with Gasteiger partial charge >= 0.3 is 5.97 Å². The predicted octanol–water partition coefficient (Wildman–Crippen LogP) is 3.22. The molecule has 0 fully saturated rings. The van der Waals surface area contributed by atoms with Crippen molar-refractivity contribution in [3.05, 3.63) is 13.3 Å². The van der Waals surface area contributed by atoms with Crippen LogP contribution in [-0.4, -0.2) is 200 Å². The van der Waals surface area contributed by atoms with Gasteiger partial charge in [0.2, 0.25) is 23.6 Å². The first-order chi connectivity index (χ1) is 35.6. The number of carbonyl (C=O) groups excluding carboxylic acids is 5. The van der Waals surface area contributed by atoms with Crippen LogP contribution in [0.15, 0.2) is 20.6 Å². The topological polar surface area (TPSA) is 373 Å². The maximum Gasteiger partial charge on any atom is 0.303 e. The van der Waals surface area contributed by atoms with Crippen molar-refractivity contribution in [2.45, 2.75) is 184 Å². The van der Waals surface area contributed by atoms with Crippen molar-refractivity contribution in [1.29, 1.82) is 0 Å². The standard InChI is InChI=1S/C18H35N5O5.C17H32N4O5S.C13H27N4O2.C4H9.Y/c1-12(22-27)17(3,4)19-10-14(11-20-18(5,6)13(2)23-28)21-15(24)8-7-9-16(25)26;1-11(23)18-10-27-9-13(15(25)17(2,3)4)20-16(26)12(8-22)19-14(24)7-21(5)6;1-10(16-18)12(3,4)14-8-7-9-15-13(5,6)11(2)17-19;1-4(2)3;/h14,19-20,27-28H,7-11H2,1-6H3,(H,21,24)(H,25,26);12-13,22H,7-10H2,1-6H3,(H,18,23)(H,19,24)(H,20,26);7,14-15,18-19H,8-9H2,1-6H3;4H,1H2,2-3H3;/q;;2*-1;/b22-12+,23-13+;;16-10+,17-11+;;/t;12-,13-;;;/m.0.../s1. The summed E-state index contributed by atoms with van der Waals surface area (Å²) in [6.45, 7) is 38.1. The molecule has 25 nitrogen and oxygen atoms in total. The zero-order valence-corrected chi connectivity index (χ0v) is 54.9. The SMILES string of the molecule is C/C(=N\O)C(C)(C)NCC(CNC(C)(C)/C(C)=N/O)NC(=O)CCCC(=O)O.C/C(=N\O)C(C)(C)NC[CH-]CNC(C)(C)/C(C)=N/O.CC(=O)NCSC[C@H](NC(=O)[C@H](CO)NC(=O)CN(C)C)C(=O)C(C)(C)C.[CH2-]C(C)C.[Y]. The van der Waals surface area contributed by atoms with E-state index >= 15 is 0 Å². The fourth-order valence-electron chi connectivity index (χ4n) is 5.40. The Labute approximate surface area is 501 Å². The normalized spacial score (nSPS) is 13.9. The third-order valence-corrected chi connectivity index (χ3v) is 12.6. The van der Waals surface area contributed by atoms with E-state index in [-0.39, 0.29) is 99.0 Å². The summed E-state index contributed by atoms with van der Waals surface area (Å²) >= 11 is 1.29. The largest absolute Gasteiger partial charge is 0.481 e. The molecule has 79 heavy (non-hydrogen) atoms. The first-order valence-electron chi connectivity index (χ1n) is 25.8. The molecule has 0 aromatic heterocycles. The molecule has 4 amide bonds. The van der Waals surface area contributed by atoms with Gasteiger partial charge in [0.25, 0.3) is 0 Å². The Morgan fingerprint density at radius 2 is 1.01 bits per heavy atom. The minimum Gasteiger partial charge on any atom is -0.481 e. The third-order valence-electron chi connectivity index (χ3n) is 11.7. The number of oxime groups is 4. The maximum atomic E-state index is 12.6. The van der Waals surface area contributed by atoms with Crippen molar-refractivity contribution in [2.75, 3.05) is 65.1 Å². The molecule has 459 valence electrons. The maximum absolute atomic E-state index is 12.6. The van der Waals surface area contributed by atoms with Gasteiger partial charge in [0.15, 0.2) is 5.78 Å². The predicted molar refractivity (Wildman–Crippen MR) is 311 cm³/mol. The molecule has 0 rings (SSSR count). The Morgan fingerprint density at radius 1 is 0.620 bits per heavy atom. The van der Waals surface area contributed by atoms with E-state index in [1.165, 1.54) is 18.7 Å². The number of carbonyl (C=O) groups is 6. The third kappa shape index (κ3) is 42.6. The molecule has 0 saturated heterocycles. The van der Waals surface area contributed by atoms with Gasteiger partial charge < -0.3 is 91.8 Å².